The van der Waals surface area contributed by atoms with Gasteiger partial charge in [-0.15, -0.1) is 11.6 Å². The molecule has 1 aromatic carbocycles. The molecule has 0 saturated carbocycles. The molecule has 1 aromatic heterocycles. The molecular formula is C12H11BrClIN2O. The zero-order chi connectivity index (χ0) is 13.1. The number of benzene rings is 1. The summed E-state index contributed by atoms with van der Waals surface area (Å²) in [5, 5.41) is 3.76. The Labute approximate surface area is 133 Å². The first kappa shape index (κ1) is 14.3. The van der Waals surface area contributed by atoms with Crippen LogP contribution in [0, 0.1) is 3.57 Å². The van der Waals surface area contributed by atoms with Gasteiger partial charge in [-0.05, 0) is 47.2 Å². The van der Waals surface area contributed by atoms with Crippen molar-refractivity contribution in [3.63, 3.8) is 0 Å². The lowest BCUT2D eigenvalue weighted by atomic mass is 10.2. The lowest BCUT2D eigenvalue weighted by Crippen LogP contribution is -1.92. The van der Waals surface area contributed by atoms with Gasteiger partial charge in [0.25, 0.3) is 5.89 Å². The van der Waals surface area contributed by atoms with Crippen molar-refractivity contribution in [1.29, 1.82) is 0 Å². The van der Waals surface area contributed by atoms with Crippen LogP contribution < -0.4 is 0 Å². The molecule has 1 heterocycles. The molecule has 0 spiro atoms. The summed E-state index contributed by atoms with van der Waals surface area (Å²) < 4.78 is 7.33. The predicted octanol–water partition coefficient (Wildman–Crippen LogP) is 5.18. The fourth-order valence-corrected chi connectivity index (χ4v) is 2.75. The minimum atomic E-state index is -0.183. The zero-order valence-electron chi connectivity index (χ0n) is 9.66. The fraction of sp³-hybridized carbons (Fsp3) is 0.333. The van der Waals surface area contributed by atoms with E-state index in [9.17, 15) is 0 Å². The van der Waals surface area contributed by atoms with Gasteiger partial charge in [-0.1, -0.05) is 34.4 Å². The Kier molecular flexibility index (Phi) is 5.03. The number of hydrogen-bond donors (Lipinski definition) is 0. The maximum atomic E-state index is 6.18. The Morgan fingerprint density at radius 1 is 1.50 bits per heavy atom. The van der Waals surface area contributed by atoms with Crippen molar-refractivity contribution in [2.75, 3.05) is 0 Å². The van der Waals surface area contributed by atoms with E-state index in [1.165, 1.54) is 0 Å². The van der Waals surface area contributed by atoms with E-state index in [-0.39, 0.29) is 5.38 Å². The minimum Gasteiger partial charge on any atom is -0.334 e. The molecule has 6 heteroatoms. The van der Waals surface area contributed by atoms with Crippen LogP contribution in [0.5, 0.6) is 0 Å². The van der Waals surface area contributed by atoms with Crippen molar-refractivity contribution in [3.8, 4) is 11.5 Å². The van der Waals surface area contributed by atoms with Crippen molar-refractivity contribution >= 4 is 50.1 Å². The average molecular weight is 441 g/mol. The molecule has 0 aliphatic rings. The van der Waals surface area contributed by atoms with E-state index in [0.717, 1.165) is 26.4 Å². The third kappa shape index (κ3) is 3.24. The highest BCUT2D eigenvalue weighted by Gasteiger charge is 2.17. The van der Waals surface area contributed by atoms with E-state index in [0.29, 0.717) is 11.7 Å². The Balaban J connectivity index is 2.32. The van der Waals surface area contributed by atoms with Crippen LogP contribution in [0.1, 0.15) is 31.0 Å². The van der Waals surface area contributed by atoms with Crippen LogP contribution in [0.3, 0.4) is 0 Å². The smallest absolute Gasteiger partial charge is 0.259 e. The van der Waals surface area contributed by atoms with Crippen molar-refractivity contribution < 1.29 is 4.52 Å². The van der Waals surface area contributed by atoms with Gasteiger partial charge in [0.1, 0.15) is 0 Å². The van der Waals surface area contributed by atoms with Gasteiger partial charge in [0, 0.05) is 8.04 Å². The van der Waals surface area contributed by atoms with Crippen LogP contribution in [0.2, 0.25) is 0 Å². The fourth-order valence-electron chi connectivity index (χ4n) is 1.52. The molecule has 0 bridgehead atoms. The largest absolute Gasteiger partial charge is 0.334 e. The second kappa shape index (κ2) is 6.34. The molecule has 0 N–H and O–H groups in total. The zero-order valence-corrected chi connectivity index (χ0v) is 14.2. The van der Waals surface area contributed by atoms with Crippen LogP contribution in [0.15, 0.2) is 27.2 Å². The Bertz CT molecular complexity index is 547. The first-order valence-corrected chi connectivity index (χ1v) is 7.85. The maximum Gasteiger partial charge on any atom is 0.259 e. The number of aromatic nitrogens is 2. The predicted molar refractivity (Wildman–Crippen MR) is 83.7 cm³/mol. The summed E-state index contributed by atoms with van der Waals surface area (Å²) >= 11 is 11.9. The van der Waals surface area contributed by atoms with Crippen LogP contribution in [-0.4, -0.2) is 10.1 Å². The SMILES string of the molecule is CCCC(Cl)c1noc(-c2cc(Br)ccc2I)n1. The second-order valence-corrected chi connectivity index (χ2v) is 6.44. The van der Waals surface area contributed by atoms with Gasteiger partial charge < -0.3 is 4.52 Å². The number of hydrogen-bond acceptors (Lipinski definition) is 3. The Morgan fingerprint density at radius 2 is 2.28 bits per heavy atom. The molecule has 18 heavy (non-hydrogen) atoms. The first-order valence-electron chi connectivity index (χ1n) is 5.55. The molecule has 0 aliphatic heterocycles. The molecule has 0 radical (unpaired) electrons. The molecule has 0 aliphatic carbocycles. The summed E-state index contributed by atoms with van der Waals surface area (Å²) in [5.74, 6) is 1.07. The molecule has 2 aromatic rings. The van der Waals surface area contributed by atoms with Crippen LogP contribution >= 0.6 is 50.1 Å². The van der Waals surface area contributed by atoms with E-state index >= 15 is 0 Å². The summed E-state index contributed by atoms with van der Waals surface area (Å²) in [4.78, 5) is 4.37. The lowest BCUT2D eigenvalue weighted by molar-refractivity contribution is 0.420. The molecule has 0 saturated heterocycles. The molecule has 96 valence electrons. The minimum absolute atomic E-state index is 0.183. The molecule has 0 fully saturated rings. The molecular weight excluding hydrogens is 430 g/mol. The van der Waals surface area contributed by atoms with Crippen molar-refractivity contribution in [3.05, 3.63) is 32.1 Å². The molecule has 0 amide bonds. The van der Waals surface area contributed by atoms with E-state index in [2.05, 4.69) is 55.6 Å². The summed E-state index contributed by atoms with van der Waals surface area (Å²) in [6.45, 7) is 2.08. The highest BCUT2D eigenvalue weighted by Crippen LogP contribution is 2.30. The Hall–Kier alpha value is -0.140. The number of halogens is 3. The van der Waals surface area contributed by atoms with Gasteiger partial charge in [-0.2, -0.15) is 4.98 Å². The van der Waals surface area contributed by atoms with Crippen molar-refractivity contribution in [2.24, 2.45) is 0 Å². The van der Waals surface area contributed by atoms with E-state index in [1.807, 2.05) is 18.2 Å². The van der Waals surface area contributed by atoms with Gasteiger partial charge in [0.2, 0.25) is 0 Å². The van der Waals surface area contributed by atoms with Crippen molar-refractivity contribution in [2.45, 2.75) is 25.1 Å². The molecule has 2 rings (SSSR count). The third-order valence-corrected chi connectivity index (χ3v) is 4.27. The quantitative estimate of drug-likeness (QED) is 0.485. The standard InChI is InChI=1S/C12H11BrClIN2O/c1-2-3-9(14)11-16-12(18-17-11)8-6-7(13)4-5-10(8)15/h4-6,9H,2-3H2,1H3. The molecule has 1 atom stereocenters. The summed E-state index contributed by atoms with van der Waals surface area (Å²) in [5.41, 5.74) is 0.920. The van der Waals surface area contributed by atoms with Crippen molar-refractivity contribution in [1.82, 2.24) is 10.1 Å². The van der Waals surface area contributed by atoms with Crippen LogP contribution in [0.4, 0.5) is 0 Å². The number of nitrogens with zero attached hydrogens (tertiary/aromatic N) is 2. The molecule has 3 nitrogen and oxygen atoms in total. The van der Waals surface area contributed by atoms with Gasteiger partial charge in [-0.3, -0.25) is 0 Å². The third-order valence-electron chi connectivity index (χ3n) is 2.42. The summed E-state index contributed by atoms with van der Waals surface area (Å²) in [6.07, 6.45) is 1.84. The highest BCUT2D eigenvalue weighted by molar-refractivity contribution is 14.1. The monoisotopic (exact) mass is 440 g/mol. The normalized spacial score (nSPS) is 12.7. The number of alkyl halides is 1. The average Bonchev–Trinajstić information content (AvgIpc) is 2.82. The Morgan fingerprint density at radius 3 is 3.00 bits per heavy atom. The van der Waals surface area contributed by atoms with E-state index < -0.39 is 0 Å². The topological polar surface area (TPSA) is 38.9 Å². The van der Waals surface area contributed by atoms with Gasteiger partial charge >= 0.3 is 0 Å². The van der Waals surface area contributed by atoms with E-state index in [4.69, 9.17) is 16.1 Å². The maximum absolute atomic E-state index is 6.18. The van der Waals surface area contributed by atoms with Crippen LogP contribution in [0.25, 0.3) is 11.5 Å². The number of rotatable bonds is 4. The second-order valence-electron chi connectivity index (χ2n) is 3.84. The van der Waals surface area contributed by atoms with Gasteiger partial charge in [0.05, 0.1) is 10.9 Å². The van der Waals surface area contributed by atoms with Gasteiger partial charge in [-0.25, -0.2) is 0 Å². The first-order chi connectivity index (χ1) is 8.61. The summed E-state index contributed by atoms with van der Waals surface area (Å²) in [6, 6.07) is 5.93. The van der Waals surface area contributed by atoms with Crippen LogP contribution in [-0.2, 0) is 0 Å². The lowest BCUT2D eigenvalue weighted by Gasteiger charge is -2.00. The molecule has 1 unspecified atom stereocenters. The van der Waals surface area contributed by atoms with E-state index in [1.54, 1.807) is 0 Å². The van der Waals surface area contributed by atoms with Gasteiger partial charge in [0.15, 0.2) is 5.82 Å². The summed E-state index contributed by atoms with van der Waals surface area (Å²) in [7, 11) is 0. The highest BCUT2D eigenvalue weighted by atomic mass is 127.